The first-order chi connectivity index (χ1) is 6.07. The average molecular weight is 175 g/mol. The number of rotatable bonds is 1. The van der Waals surface area contributed by atoms with Crippen LogP contribution >= 0.6 is 0 Å². The Hall–Kier alpha value is -1.36. The smallest absolute Gasteiger partial charge is 0.175 e. The molecule has 2 atom stereocenters. The molecule has 2 heteroatoms. The highest BCUT2D eigenvalue weighted by Gasteiger charge is 2.32. The van der Waals surface area contributed by atoms with Crippen LogP contribution in [-0.2, 0) is 4.79 Å². The molecule has 0 aromatic rings. The summed E-state index contributed by atoms with van der Waals surface area (Å²) in [6, 6.07) is 2.06. The standard InChI is InChI=1S/C11H13NO/c1-7(2)9-5-4-8(3)11(13)10(9)6-12/h4,9-10H,1,5H2,2-3H3/t9-,10+/m0/s1. The van der Waals surface area contributed by atoms with Crippen LogP contribution in [-0.4, -0.2) is 5.78 Å². The highest BCUT2D eigenvalue weighted by Crippen LogP contribution is 2.30. The second-order valence-electron chi connectivity index (χ2n) is 3.55. The number of allylic oxidation sites excluding steroid dienone is 3. The first-order valence-corrected chi connectivity index (χ1v) is 4.34. The fourth-order valence-electron chi connectivity index (χ4n) is 1.60. The normalized spacial score (nSPS) is 27.8. The lowest BCUT2D eigenvalue weighted by atomic mass is 9.77. The molecule has 0 radical (unpaired) electrons. The fraction of sp³-hybridized carbons (Fsp3) is 0.455. The van der Waals surface area contributed by atoms with Gasteiger partial charge in [-0.1, -0.05) is 18.2 Å². The third-order valence-corrected chi connectivity index (χ3v) is 2.52. The molecule has 0 aliphatic heterocycles. The molecular formula is C11H13NO. The van der Waals surface area contributed by atoms with Crippen molar-refractivity contribution in [2.75, 3.05) is 0 Å². The maximum atomic E-state index is 11.5. The molecule has 1 aliphatic carbocycles. The van der Waals surface area contributed by atoms with Gasteiger partial charge in [-0.15, -0.1) is 0 Å². The lowest BCUT2D eigenvalue weighted by Gasteiger charge is -2.24. The number of carbonyl (C=O) groups is 1. The van der Waals surface area contributed by atoms with Crippen LogP contribution in [0.3, 0.4) is 0 Å². The van der Waals surface area contributed by atoms with E-state index in [0.29, 0.717) is 5.57 Å². The Labute approximate surface area is 78.6 Å². The number of nitrogens with zero attached hydrogens (tertiary/aromatic N) is 1. The summed E-state index contributed by atoms with van der Waals surface area (Å²) in [5.74, 6) is -0.537. The number of ketones is 1. The maximum absolute atomic E-state index is 11.5. The summed E-state index contributed by atoms with van der Waals surface area (Å²) in [7, 11) is 0. The first-order valence-electron chi connectivity index (χ1n) is 4.34. The minimum absolute atomic E-state index is 0.0150. The Bertz CT molecular complexity index is 319. The van der Waals surface area contributed by atoms with Crippen molar-refractivity contribution in [1.29, 1.82) is 5.26 Å². The van der Waals surface area contributed by atoms with Crippen molar-refractivity contribution < 1.29 is 4.79 Å². The molecule has 1 aliphatic rings. The quantitative estimate of drug-likeness (QED) is 0.573. The van der Waals surface area contributed by atoms with Crippen molar-refractivity contribution in [2.24, 2.45) is 11.8 Å². The summed E-state index contributed by atoms with van der Waals surface area (Å²) in [6.45, 7) is 7.44. The number of Topliss-reactive ketones (excluding diaryl/α,β-unsaturated/α-hetero) is 1. The van der Waals surface area contributed by atoms with E-state index >= 15 is 0 Å². The maximum Gasteiger partial charge on any atom is 0.175 e. The molecule has 68 valence electrons. The number of hydrogen-bond acceptors (Lipinski definition) is 2. The van der Waals surface area contributed by atoms with E-state index < -0.39 is 5.92 Å². The van der Waals surface area contributed by atoms with E-state index in [0.717, 1.165) is 12.0 Å². The van der Waals surface area contributed by atoms with Crippen LogP contribution in [0, 0.1) is 23.2 Å². The summed E-state index contributed by atoms with van der Waals surface area (Å²) in [4.78, 5) is 11.5. The molecule has 1 rings (SSSR count). The Morgan fingerprint density at radius 1 is 1.77 bits per heavy atom. The summed E-state index contributed by atoms with van der Waals surface area (Å²) in [5, 5.41) is 8.86. The molecule has 0 unspecified atom stereocenters. The monoisotopic (exact) mass is 175 g/mol. The van der Waals surface area contributed by atoms with Gasteiger partial charge in [-0.05, 0) is 25.8 Å². The van der Waals surface area contributed by atoms with Gasteiger partial charge in [0.05, 0.1) is 6.07 Å². The van der Waals surface area contributed by atoms with Crippen LogP contribution in [0.2, 0.25) is 0 Å². The first kappa shape index (κ1) is 9.73. The molecule has 0 aromatic carbocycles. The van der Waals surface area contributed by atoms with Crippen LogP contribution in [0.4, 0.5) is 0 Å². The van der Waals surface area contributed by atoms with Gasteiger partial charge in [0.15, 0.2) is 5.78 Å². The van der Waals surface area contributed by atoms with Gasteiger partial charge in [-0.3, -0.25) is 4.79 Å². The van der Waals surface area contributed by atoms with E-state index in [2.05, 4.69) is 12.6 Å². The van der Waals surface area contributed by atoms with Crippen molar-refractivity contribution in [3.05, 3.63) is 23.8 Å². The van der Waals surface area contributed by atoms with Crippen LogP contribution in [0.5, 0.6) is 0 Å². The molecule has 2 nitrogen and oxygen atoms in total. The molecular weight excluding hydrogens is 162 g/mol. The second-order valence-corrected chi connectivity index (χ2v) is 3.55. The predicted molar refractivity (Wildman–Crippen MR) is 50.8 cm³/mol. The molecule has 13 heavy (non-hydrogen) atoms. The molecule has 0 spiro atoms. The molecule has 0 amide bonds. The number of hydrogen-bond donors (Lipinski definition) is 0. The highest BCUT2D eigenvalue weighted by molar-refractivity contribution is 5.99. The molecule has 0 saturated heterocycles. The van der Waals surface area contributed by atoms with Crippen molar-refractivity contribution in [3.63, 3.8) is 0 Å². The summed E-state index contributed by atoms with van der Waals surface area (Å²) in [6.07, 6.45) is 2.67. The van der Waals surface area contributed by atoms with E-state index in [1.165, 1.54) is 0 Å². The summed E-state index contributed by atoms with van der Waals surface area (Å²) >= 11 is 0. The van der Waals surface area contributed by atoms with Crippen molar-refractivity contribution in [2.45, 2.75) is 20.3 Å². The minimum atomic E-state index is -0.512. The SMILES string of the molecule is C=C(C)[C@@H]1CC=C(C)C(=O)[C@@H]1C#N. The van der Waals surface area contributed by atoms with Crippen molar-refractivity contribution in [3.8, 4) is 6.07 Å². The van der Waals surface area contributed by atoms with Crippen LogP contribution in [0.1, 0.15) is 20.3 Å². The lowest BCUT2D eigenvalue weighted by molar-refractivity contribution is -0.119. The van der Waals surface area contributed by atoms with Gasteiger partial charge in [-0.25, -0.2) is 0 Å². The minimum Gasteiger partial charge on any atom is -0.293 e. The van der Waals surface area contributed by atoms with Gasteiger partial charge in [0, 0.05) is 5.92 Å². The molecule has 0 N–H and O–H groups in total. The van der Waals surface area contributed by atoms with E-state index in [9.17, 15) is 4.79 Å². The van der Waals surface area contributed by atoms with Gasteiger partial charge in [0.2, 0.25) is 0 Å². The third kappa shape index (κ3) is 1.70. The topological polar surface area (TPSA) is 40.9 Å². The molecule has 0 saturated carbocycles. The lowest BCUT2D eigenvalue weighted by Crippen LogP contribution is -2.27. The van der Waals surface area contributed by atoms with Gasteiger partial charge in [0.1, 0.15) is 5.92 Å². The zero-order valence-electron chi connectivity index (χ0n) is 8.00. The Kier molecular flexibility index (Phi) is 2.67. The zero-order valence-corrected chi connectivity index (χ0v) is 8.00. The van der Waals surface area contributed by atoms with Gasteiger partial charge >= 0.3 is 0 Å². The Morgan fingerprint density at radius 3 is 2.85 bits per heavy atom. The fourth-order valence-corrected chi connectivity index (χ4v) is 1.60. The molecule has 0 heterocycles. The Morgan fingerprint density at radius 2 is 2.38 bits per heavy atom. The van der Waals surface area contributed by atoms with Crippen LogP contribution in [0.25, 0.3) is 0 Å². The van der Waals surface area contributed by atoms with Gasteiger partial charge in [-0.2, -0.15) is 5.26 Å². The Balaban J connectivity index is 3.00. The predicted octanol–water partition coefficient (Wildman–Crippen LogP) is 2.24. The third-order valence-electron chi connectivity index (χ3n) is 2.52. The molecule has 0 aromatic heterocycles. The van der Waals surface area contributed by atoms with Crippen LogP contribution in [0.15, 0.2) is 23.8 Å². The molecule has 0 bridgehead atoms. The van der Waals surface area contributed by atoms with E-state index in [1.54, 1.807) is 6.92 Å². The van der Waals surface area contributed by atoms with Gasteiger partial charge < -0.3 is 0 Å². The highest BCUT2D eigenvalue weighted by atomic mass is 16.1. The number of nitriles is 1. The number of carbonyl (C=O) groups excluding carboxylic acids is 1. The van der Waals surface area contributed by atoms with Crippen LogP contribution < -0.4 is 0 Å². The van der Waals surface area contributed by atoms with Crippen molar-refractivity contribution >= 4 is 5.78 Å². The van der Waals surface area contributed by atoms with Gasteiger partial charge in [0.25, 0.3) is 0 Å². The summed E-state index contributed by atoms with van der Waals surface area (Å²) < 4.78 is 0. The van der Waals surface area contributed by atoms with E-state index in [-0.39, 0.29) is 11.7 Å². The molecule has 0 fully saturated rings. The van der Waals surface area contributed by atoms with Crippen molar-refractivity contribution in [1.82, 2.24) is 0 Å². The summed E-state index contributed by atoms with van der Waals surface area (Å²) in [5.41, 5.74) is 1.63. The average Bonchev–Trinajstić information content (AvgIpc) is 2.09. The zero-order chi connectivity index (χ0) is 10.0. The second kappa shape index (κ2) is 3.57. The largest absolute Gasteiger partial charge is 0.293 e. The van der Waals surface area contributed by atoms with E-state index in [4.69, 9.17) is 5.26 Å². The van der Waals surface area contributed by atoms with E-state index in [1.807, 2.05) is 13.0 Å².